The van der Waals surface area contributed by atoms with Gasteiger partial charge in [0, 0.05) is 29.7 Å². The predicted molar refractivity (Wildman–Crippen MR) is 92.0 cm³/mol. The first-order valence-corrected chi connectivity index (χ1v) is 8.78. The third-order valence-electron chi connectivity index (χ3n) is 4.83. The van der Waals surface area contributed by atoms with Gasteiger partial charge in [-0.1, -0.05) is 43.6 Å². The molecule has 3 unspecified atom stereocenters. The van der Waals surface area contributed by atoms with E-state index < -0.39 is 0 Å². The van der Waals surface area contributed by atoms with Crippen LogP contribution in [0.3, 0.4) is 0 Å². The van der Waals surface area contributed by atoms with Crippen molar-refractivity contribution in [3.8, 4) is 0 Å². The molecule has 3 heteroatoms. The maximum atomic E-state index is 6.38. The summed E-state index contributed by atoms with van der Waals surface area (Å²) in [4.78, 5) is 2.70. The summed E-state index contributed by atoms with van der Waals surface area (Å²) in [6, 6.07) is 10.1. The summed E-state index contributed by atoms with van der Waals surface area (Å²) < 4.78 is 0. The smallest absolute Gasteiger partial charge is 0.0453 e. The van der Waals surface area contributed by atoms with E-state index in [4.69, 9.17) is 11.6 Å². The Morgan fingerprint density at radius 1 is 1.29 bits per heavy atom. The largest absolute Gasteiger partial charge is 0.310 e. The van der Waals surface area contributed by atoms with Gasteiger partial charge in [-0.2, -0.15) is 0 Å². The molecule has 2 rings (SSSR count). The van der Waals surface area contributed by atoms with Gasteiger partial charge in [0.25, 0.3) is 0 Å². The number of rotatable bonds is 7. The number of likely N-dealkylation sites (tertiary alicyclic amines) is 1. The maximum Gasteiger partial charge on any atom is 0.0453 e. The van der Waals surface area contributed by atoms with Gasteiger partial charge in [-0.25, -0.2) is 0 Å². The molecule has 1 fully saturated rings. The Hall–Kier alpha value is -0.570. The van der Waals surface area contributed by atoms with Crippen molar-refractivity contribution in [3.63, 3.8) is 0 Å². The maximum absolute atomic E-state index is 6.38. The van der Waals surface area contributed by atoms with Crippen molar-refractivity contribution in [2.45, 2.75) is 64.6 Å². The summed E-state index contributed by atoms with van der Waals surface area (Å²) in [6.45, 7) is 8.97. The Bertz CT molecular complexity index is 435. The van der Waals surface area contributed by atoms with E-state index >= 15 is 0 Å². The van der Waals surface area contributed by atoms with Crippen LogP contribution in [0.25, 0.3) is 0 Å². The standard InChI is InChI=1S/C18H29ClN2/c1-4-15-11-10-14(3)21(15)13-12-18(20-5-2)16-8-6-7-9-17(16)19/h6-9,14-15,18,20H,4-5,10-13H2,1-3H3. The van der Waals surface area contributed by atoms with Crippen LogP contribution in [0.5, 0.6) is 0 Å². The Labute approximate surface area is 134 Å². The highest BCUT2D eigenvalue weighted by Gasteiger charge is 2.29. The van der Waals surface area contributed by atoms with Crippen LogP contribution < -0.4 is 5.32 Å². The molecule has 118 valence electrons. The first-order chi connectivity index (χ1) is 10.2. The Morgan fingerprint density at radius 2 is 2.05 bits per heavy atom. The lowest BCUT2D eigenvalue weighted by Crippen LogP contribution is -2.37. The van der Waals surface area contributed by atoms with E-state index in [-0.39, 0.29) is 0 Å². The summed E-state index contributed by atoms with van der Waals surface area (Å²) in [7, 11) is 0. The fourth-order valence-corrected chi connectivity index (χ4v) is 3.88. The Morgan fingerprint density at radius 3 is 2.71 bits per heavy atom. The lowest BCUT2D eigenvalue weighted by Gasteiger charge is -2.30. The van der Waals surface area contributed by atoms with Crippen molar-refractivity contribution < 1.29 is 0 Å². The molecule has 1 aromatic carbocycles. The first-order valence-electron chi connectivity index (χ1n) is 8.40. The second kappa shape index (κ2) is 8.17. The summed E-state index contributed by atoms with van der Waals surface area (Å²) in [5.74, 6) is 0. The molecule has 1 aromatic rings. The average molecular weight is 309 g/mol. The molecule has 3 atom stereocenters. The predicted octanol–water partition coefficient (Wildman–Crippen LogP) is 4.64. The van der Waals surface area contributed by atoms with Gasteiger partial charge in [-0.05, 0) is 50.8 Å². The monoisotopic (exact) mass is 308 g/mol. The van der Waals surface area contributed by atoms with Crippen molar-refractivity contribution in [1.29, 1.82) is 0 Å². The van der Waals surface area contributed by atoms with Gasteiger partial charge in [0.1, 0.15) is 0 Å². The summed E-state index contributed by atoms with van der Waals surface area (Å²) >= 11 is 6.38. The second-order valence-electron chi connectivity index (χ2n) is 6.15. The fraction of sp³-hybridized carbons (Fsp3) is 0.667. The van der Waals surface area contributed by atoms with Gasteiger partial charge < -0.3 is 5.32 Å². The van der Waals surface area contributed by atoms with E-state index in [9.17, 15) is 0 Å². The molecule has 0 amide bonds. The SMILES string of the molecule is CCNC(CCN1C(C)CCC1CC)c1ccccc1Cl. The first kappa shape index (κ1) is 16.8. The van der Waals surface area contributed by atoms with E-state index in [1.807, 2.05) is 12.1 Å². The molecule has 0 aromatic heterocycles. The van der Waals surface area contributed by atoms with E-state index in [0.29, 0.717) is 6.04 Å². The number of hydrogen-bond acceptors (Lipinski definition) is 2. The third kappa shape index (κ3) is 4.21. The molecule has 0 saturated carbocycles. The number of halogens is 1. The molecule has 1 aliphatic heterocycles. The molecule has 0 aliphatic carbocycles. The normalized spacial score (nSPS) is 24.4. The molecular formula is C18H29ClN2. The van der Waals surface area contributed by atoms with Gasteiger partial charge in [0.05, 0.1) is 0 Å². The fourth-order valence-electron chi connectivity index (χ4n) is 3.62. The highest BCUT2D eigenvalue weighted by molar-refractivity contribution is 6.31. The Kier molecular flexibility index (Phi) is 6.53. The highest BCUT2D eigenvalue weighted by Crippen LogP contribution is 2.29. The van der Waals surface area contributed by atoms with Gasteiger partial charge in [-0.15, -0.1) is 0 Å². The van der Waals surface area contributed by atoms with Crippen molar-refractivity contribution in [1.82, 2.24) is 10.2 Å². The van der Waals surface area contributed by atoms with Crippen molar-refractivity contribution >= 4 is 11.6 Å². The zero-order valence-electron chi connectivity index (χ0n) is 13.6. The minimum Gasteiger partial charge on any atom is -0.310 e. The van der Waals surface area contributed by atoms with Crippen LogP contribution in [0.15, 0.2) is 24.3 Å². The van der Waals surface area contributed by atoms with Crippen LogP contribution in [-0.4, -0.2) is 30.1 Å². The number of nitrogens with zero attached hydrogens (tertiary/aromatic N) is 1. The van der Waals surface area contributed by atoms with Crippen LogP contribution >= 0.6 is 11.6 Å². The number of hydrogen-bond donors (Lipinski definition) is 1. The zero-order chi connectivity index (χ0) is 15.2. The minimum absolute atomic E-state index is 0.356. The average Bonchev–Trinajstić information content (AvgIpc) is 2.84. The van der Waals surface area contributed by atoms with Crippen molar-refractivity contribution in [3.05, 3.63) is 34.9 Å². The van der Waals surface area contributed by atoms with Crippen LogP contribution in [0.2, 0.25) is 5.02 Å². The van der Waals surface area contributed by atoms with Gasteiger partial charge in [-0.3, -0.25) is 4.90 Å². The lowest BCUT2D eigenvalue weighted by atomic mass is 10.0. The van der Waals surface area contributed by atoms with E-state index in [2.05, 4.69) is 43.1 Å². The Balaban J connectivity index is 2.02. The van der Waals surface area contributed by atoms with Crippen LogP contribution in [0, 0.1) is 0 Å². The van der Waals surface area contributed by atoms with Crippen LogP contribution in [-0.2, 0) is 0 Å². The molecule has 1 aliphatic rings. The number of nitrogens with one attached hydrogen (secondary N) is 1. The quantitative estimate of drug-likeness (QED) is 0.789. The molecule has 1 saturated heterocycles. The second-order valence-corrected chi connectivity index (χ2v) is 6.55. The molecule has 0 spiro atoms. The summed E-state index contributed by atoms with van der Waals surface area (Å²) in [6.07, 6.45) is 5.09. The molecule has 0 bridgehead atoms. The molecule has 0 radical (unpaired) electrons. The topological polar surface area (TPSA) is 15.3 Å². The van der Waals surface area contributed by atoms with Gasteiger partial charge in [0.15, 0.2) is 0 Å². The van der Waals surface area contributed by atoms with Crippen molar-refractivity contribution in [2.75, 3.05) is 13.1 Å². The number of benzene rings is 1. The summed E-state index contributed by atoms with van der Waals surface area (Å²) in [5.41, 5.74) is 1.24. The lowest BCUT2D eigenvalue weighted by molar-refractivity contribution is 0.188. The summed E-state index contributed by atoms with van der Waals surface area (Å²) in [5, 5.41) is 4.48. The van der Waals surface area contributed by atoms with Gasteiger partial charge in [0.2, 0.25) is 0 Å². The van der Waals surface area contributed by atoms with E-state index in [1.54, 1.807) is 0 Å². The van der Waals surface area contributed by atoms with Crippen LogP contribution in [0.4, 0.5) is 0 Å². The molecule has 1 N–H and O–H groups in total. The van der Waals surface area contributed by atoms with E-state index in [1.165, 1.54) is 24.8 Å². The molecular weight excluding hydrogens is 280 g/mol. The molecule has 2 nitrogen and oxygen atoms in total. The minimum atomic E-state index is 0.356. The van der Waals surface area contributed by atoms with E-state index in [0.717, 1.165) is 36.6 Å². The van der Waals surface area contributed by atoms with Crippen molar-refractivity contribution in [2.24, 2.45) is 0 Å². The van der Waals surface area contributed by atoms with Crippen LogP contribution in [0.1, 0.15) is 58.1 Å². The molecule has 1 heterocycles. The van der Waals surface area contributed by atoms with Gasteiger partial charge >= 0.3 is 0 Å². The zero-order valence-corrected chi connectivity index (χ0v) is 14.4. The highest BCUT2D eigenvalue weighted by atomic mass is 35.5. The third-order valence-corrected chi connectivity index (χ3v) is 5.18. The molecule has 21 heavy (non-hydrogen) atoms.